The lowest BCUT2D eigenvalue weighted by Gasteiger charge is -1.98. The van der Waals surface area contributed by atoms with Gasteiger partial charge in [0, 0.05) is 10.1 Å². The molecule has 0 radical (unpaired) electrons. The zero-order valence-electron chi connectivity index (χ0n) is 8.70. The lowest BCUT2D eigenvalue weighted by molar-refractivity contribution is 1.03. The second-order valence-electron chi connectivity index (χ2n) is 3.63. The number of hydrogen-bond donors (Lipinski definition) is 0. The summed E-state index contributed by atoms with van der Waals surface area (Å²) < 4.78 is 2.41. The molecule has 0 fully saturated rings. The summed E-state index contributed by atoms with van der Waals surface area (Å²) in [5.41, 5.74) is 2.05. The Kier molecular flexibility index (Phi) is 2.30. The van der Waals surface area contributed by atoms with Gasteiger partial charge < -0.3 is 0 Å². The summed E-state index contributed by atoms with van der Waals surface area (Å²) >= 11 is 7.54. The first-order chi connectivity index (χ1) is 7.79. The normalized spacial score (nSPS) is 11.4. The van der Waals surface area contributed by atoms with Gasteiger partial charge in [0.1, 0.15) is 5.82 Å². The molecule has 0 aliphatic heterocycles. The van der Waals surface area contributed by atoms with Crippen LogP contribution in [0.25, 0.3) is 20.3 Å². The largest absolute Gasteiger partial charge is 0.235 e. The molecule has 0 saturated heterocycles. The van der Waals surface area contributed by atoms with E-state index in [0.29, 0.717) is 11.7 Å². The lowest BCUT2D eigenvalue weighted by Crippen LogP contribution is -1.93. The molecule has 80 valence electrons. The van der Waals surface area contributed by atoms with Crippen molar-refractivity contribution in [2.45, 2.75) is 12.8 Å². The van der Waals surface area contributed by atoms with Gasteiger partial charge in [0.25, 0.3) is 0 Å². The number of aromatic nitrogens is 2. The van der Waals surface area contributed by atoms with Crippen molar-refractivity contribution in [3.63, 3.8) is 0 Å². The highest BCUT2D eigenvalue weighted by molar-refractivity contribution is 7.25. The minimum Gasteiger partial charge on any atom is -0.235 e. The maximum Gasteiger partial charge on any atom is 0.144 e. The molecule has 0 amide bonds. The maximum absolute atomic E-state index is 5.80. The van der Waals surface area contributed by atoms with Gasteiger partial charge in [-0.2, -0.15) is 0 Å². The van der Waals surface area contributed by atoms with Crippen molar-refractivity contribution in [2.75, 3.05) is 0 Å². The van der Waals surface area contributed by atoms with Crippen molar-refractivity contribution >= 4 is 43.2 Å². The first-order valence-electron chi connectivity index (χ1n) is 5.00. The van der Waals surface area contributed by atoms with Gasteiger partial charge in [0.2, 0.25) is 0 Å². The summed E-state index contributed by atoms with van der Waals surface area (Å²) in [6.45, 7) is 2.01. The molecule has 2 aromatic heterocycles. The number of benzene rings is 1. The summed E-state index contributed by atoms with van der Waals surface area (Å²) in [6, 6.07) is 8.29. The molecule has 2 heterocycles. The summed E-state index contributed by atoms with van der Waals surface area (Å²) in [4.78, 5) is 8.89. The van der Waals surface area contributed by atoms with Crippen LogP contribution in [-0.2, 0) is 5.88 Å². The standard InChI is InChI=1S/C12H9ClN2S/c1-7-12-11(15-10(6-13)14-7)8-4-2-3-5-9(8)16-12/h2-5H,6H2,1H3. The van der Waals surface area contributed by atoms with Crippen molar-refractivity contribution in [2.24, 2.45) is 0 Å². The highest BCUT2D eigenvalue weighted by Gasteiger charge is 2.10. The summed E-state index contributed by atoms with van der Waals surface area (Å²) in [6.07, 6.45) is 0. The van der Waals surface area contributed by atoms with E-state index in [1.807, 2.05) is 19.1 Å². The molecule has 2 nitrogen and oxygen atoms in total. The van der Waals surface area contributed by atoms with E-state index in [9.17, 15) is 0 Å². The number of nitrogens with zero attached hydrogens (tertiary/aromatic N) is 2. The van der Waals surface area contributed by atoms with Gasteiger partial charge in [-0.15, -0.1) is 22.9 Å². The fourth-order valence-electron chi connectivity index (χ4n) is 1.85. The van der Waals surface area contributed by atoms with Crippen molar-refractivity contribution in [3.8, 4) is 0 Å². The van der Waals surface area contributed by atoms with E-state index in [4.69, 9.17) is 11.6 Å². The Morgan fingerprint density at radius 2 is 2.06 bits per heavy atom. The third-order valence-corrected chi connectivity index (χ3v) is 4.06. The zero-order chi connectivity index (χ0) is 11.1. The molecule has 0 unspecified atom stereocenters. The number of aryl methyl sites for hydroxylation is 1. The Balaban J connectivity index is 2.51. The third-order valence-electron chi connectivity index (χ3n) is 2.56. The molecular formula is C12H9ClN2S. The maximum atomic E-state index is 5.80. The summed E-state index contributed by atoms with van der Waals surface area (Å²) in [7, 11) is 0. The molecule has 0 atom stereocenters. The van der Waals surface area contributed by atoms with Crippen LogP contribution in [0.3, 0.4) is 0 Å². The number of alkyl halides is 1. The van der Waals surface area contributed by atoms with Crippen LogP contribution in [0.4, 0.5) is 0 Å². The Morgan fingerprint density at radius 3 is 2.88 bits per heavy atom. The average molecular weight is 249 g/mol. The zero-order valence-corrected chi connectivity index (χ0v) is 10.3. The molecule has 4 heteroatoms. The Labute approximate surface area is 102 Å². The highest BCUT2D eigenvalue weighted by atomic mass is 35.5. The summed E-state index contributed by atoms with van der Waals surface area (Å²) in [5.74, 6) is 1.07. The van der Waals surface area contributed by atoms with Crippen LogP contribution in [-0.4, -0.2) is 9.97 Å². The number of fused-ring (bicyclic) bond motifs is 3. The topological polar surface area (TPSA) is 25.8 Å². The number of halogens is 1. The molecule has 0 aliphatic carbocycles. The van der Waals surface area contributed by atoms with E-state index < -0.39 is 0 Å². The van der Waals surface area contributed by atoms with E-state index in [1.165, 1.54) is 10.1 Å². The van der Waals surface area contributed by atoms with Crippen LogP contribution in [0, 0.1) is 6.92 Å². The quantitative estimate of drug-likeness (QED) is 0.611. The first-order valence-corrected chi connectivity index (χ1v) is 6.35. The lowest BCUT2D eigenvalue weighted by atomic mass is 10.2. The highest BCUT2D eigenvalue weighted by Crippen LogP contribution is 2.33. The van der Waals surface area contributed by atoms with Crippen LogP contribution >= 0.6 is 22.9 Å². The Morgan fingerprint density at radius 1 is 1.25 bits per heavy atom. The van der Waals surface area contributed by atoms with Crippen LogP contribution in [0.1, 0.15) is 11.5 Å². The predicted molar refractivity (Wildman–Crippen MR) is 69.2 cm³/mol. The fraction of sp³-hybridized carbons (Fsp3) is 0.167. The monoisotopic (exact) mass is 248 g/mol. The van der Waals surface area contributed by atoms with Crippen molar-refractivity contribution in [1.82, 2.24) is 9.97 Å². The van der Waals surface area contributed by atoms with Gasteiger partial charge in [0.05, 0.1) is 21.8 Å². The van der Waals surface area contributed by atoms with Crippen molar-refractivity contribution < 1.29 is 0 Å². The van der Waals surface area contributed by atoms with Gasteiger partial charge in [-0.25, -0.2) is 9.97 Å². The molecule has 16 heavy (non-hydrogen) atoms. The summed E-state index contributed by atoms with van der Waals surface area (Å²) in [5, 5.41) is 1.19. The van der Waals surface area contributed by atoms with Gasteiger partial charge >= 0.3 is 0 Å². The van der Waals surface area contributed by atoms with Gasteiger partial charge in [-0.05, 0) is 13.0 Å². The smallest absolute Gasteiger partial charge is 0.144 e. The number of rotatable bonds is 1. The molecule has 3 aromatic rings. The van der Waals surface area contributed by atoms with Crippen LogP contribution in [0.5, 0.6) is 0 Å². The average Bonchev–Trinajstić information content (AvgIpc) is 2.68. The Bertz CT molecular complexity index is 675. The molecule has 0 saturated carbocycles. The Hall–Kier alpha value is -1.19. The van der Waals surface area contributed by atoms with Crippen LogP contribution in [0.15, 0.2) is 24.3 Å². The molecule has 0 spiro atoms. The van der Waals surface area contributed by atoms with E-state index >= 15 is 0 Å². The molecule has 0 N–H and O–H groups in total. The third kappa shape index (κ3) is 1.39. The fourth-order valence-corrected chi connectivity index (χ4v) is 3.05. The molecule has 1 aromatic carbocycles. The first kappa shape index (κ1) is 10.00. The van der Waals surface area contributed by atoms with Gasteiger partial charge in [0.15, 0.2) is 0 Å². The van der Waals surface area contributed by atoms with E-state index in [1.54, 1.807) is 11.3 Å². The van der Waals surface area contributed by atoms with E-state index in [2.05, 4.69) is 22.1 Å². The SMILES string of the molecule is Cc1nc(CCl)nc2c1sc1ccccc12. The second kappa shape index (κ2) is 3.68. The number of thiophene rings is 1. The molecule has 3 rings (SSSR count). The molecular weight excluding hydrogens is 240 g/mol. The minimum atomic E-state index is 0.362. The van der Waals surface area contributed by atoms with E-state index in [0.717, 1.165) is 15.9 Å². The van der Waals surface area contributed by atoms with Gasteiger partial charge in [-0.1, -0.05) is 18.2 Å². The van der Waals surface area contributed by atoms with Crippen LogP contribution in [0.2, 0.25) is 0 Å². The second-order valence-corrected chi connectivity index (χ2v) is 4.95. The van der Waals surface area contributed by atoms with E-state index in [-0.39, 0.29) is 0 Å². The van der Waals surface area contributed by atoms with Crippen molar-refractivity contribution in [3.05, 3.63) is 35.8 Å². The molecule has 0 bridgehead atoms. The van der Waals surface area contributed by atoms with Crippen LogP contribution < -0.4 is 0 Å². The number of hydrogen-bond acceptors (Lipinski definition) is 3. The molecule has 0 aliphatic rings. The predicted octanol–water partition coefficient (Wildman–Crippen LogP) is 3.89. The van der Waals surface area contributed by atoms with Gasteiger partial charge in [-0.3, -0.25) is 0 Å². The minimum absolute atomic E-state index is 0.362. The van der Waals surface area contributed by atoms with Crippen molar-refractivity contribution in [1.29, 1.82) is 0 Å².